The van der Waals surface area contributed by atoms with Crippen molar-refractivity contribution in [2.75, 3.05) is 11.6 Å². The number of aromatic nitrogens is 2. The molecule has 0 saturated carbocycles. The van der Waals surface area contributed by atoms with E-state index in [1.165, 1.54) is 0 Å². The van der Waals surface area contributed by atoms with Crippen LogP contribution in [0.25, 0.3) is 0 Å². The predicted octanol–water partition coefficient (Wildman–Crippen LogP) is 2.71. The maximum atomic E-state index is 5.67. The third kappa shape index (κ3) is 3.93. The standard InChI is InChI=1S/C10H17ClN2S/c1-9(3-5-11)14-8-4-10-12-6-7-13(10)2/h6-7,9H,3-5,8H2,1-2H3. The number of hydrogen-bond donors (Lipinski definition) is 0. The van der Waals surface area contributed by atoms with Gasteiger partial charge in [0.1, 0.15) is 5.82 Å². The van der Waals surface area contributed by atoms with Gasteiger partial charge in [-0.25, -0.2) is 4.98 Å². The van der Waals surface area contributed by atoms with Gasteiger partial charge in [0, 0.05) is 42.7 Å². The number of nitrogens with zero attached hydrogens (tertiary/aromatic N) is 2. The Bertz CT molecular complexity index is 262. The molecule has 1 aromatic heterocycles. The molecule has 0 amide bonds. The van der Waals surface area contributed by atoms with Crippen LogP contribution in [-0.4, -0.2) is 26.4 Å². The minimum absolute atomic E-state index is 0.660. The highest BCUT2D eigenvalue weighted by molar-refractivity contribution is 7.99. The Morgan fingerprint density at radius 1 is 1.64 bits per heavy atom. The molecule has 0 fully saturated rings. The van der Waals surface area contributed by atoms with E-state index in [-0.39, 0.29) is 0 Å². The van der Waals surface area contributed by atoms with Crippen LogP contribution in [0.1, 0.15) is 19.2 Å². The quantitative estimate of drug-likeness (QED) is 0.702. The maximum Gasteiger partial charge on any atom is 0.109 e. The van der Waals surface area contributed by atoms with E-state index < -0.39 is 0 Å². The van der Waals surface area contributed by atoms with Crippen LogP contribution in [0.5, 0.6) is 0 Å². The molecule has 2 nitrogen and oxygen atoms in total. The van der Waals surface area contributed by atoms with Crippen molar-refractivity contribution in [3.63, 3.8) is 0 Å². The van der Waals surface area contributed by atoms with Crippen molar-refractivity contribution in [1.29, 1.82) is 0 Å². The fourth-order valence-corrected chi connectivity index (χ4v) is 2.67. The van der Waals surface area contributed by atoms with Gasteiger partial charge in [-0.15, -0.1) is 11.6 Å². The maximum absolute atomic E-state index is 5.67. The van der Waals surface area contributed by atoms with E-state index in [4.69, 9.17) is 11.6 Å². The van der Waals surface area contributed by atoms with Gasteiger partial charge in [0.25, 0.3) is 0 Å². The van der Waals surface area contributed by atoms with Crippen LogP contribution in [-0.2, 0) is 13.5 Å². The van der Waals surface area contributed by atoms with Gasteiger partial charge in [-0.3, -0.25) is 0 Å². The summed E-state index contributed by atoms with van der Waals surface area (Å²) in [5.74, 6) is 3.05. The summed E-state index contributed by atoms with van der Waals surface area (Å²) in [4.78, 5) is 4.28. The molecule has 0 aliphatic rings. The SMILES string of the molecule is CC(CCCl)SCCc1nccn1C. The third-order valence-electron chi connectivity index (χ3n) is 2.16. The number of imidazole rings is 1. The molecular weight excluding hydrogens is 216 g/mol. The smallest absolute Gasteiger partial charge is 0.109 e. The van der Waals surface area contributed by atoms with Gasteiger partial charge in [0.2, 0.25) is 0 Å². The van der Waals surface area contributed by atoms with Crippen molar-refractivity contribution >= 4 is 23.4 Å². The average Bonchev–Trinajstić information content (AvgIpc) is 2.52. The van der Waals surface area contributed by atoms with Gasteiger partial charge in [0.15, 0.2) is 0 Å². The van der Waals surface area contributed by atoms with Crippen molar-refractivity contribution in [1.82, 2.24) is 9.55 Å². The summed E-state index contributed by atoms with van der Waals surface area (Å²) in [6.45, 7) is 2.23. The van der Waals surface area contributed by atoms with E-state index >= 15 is 0 Å². The van der Waals surface area contributed by atoms with Crippen molar-refractivity contribution < 1.29 is 0 Å². The number of aryl methyl sites for hydroxylation is 2. The number of rotatable bonds is 6. The van der Waals surface area contributed by atoms with E-state index in [2.05, 4.69) is 16.5 Å². The molecule has 1 heterocycles. The molecule has 80 valence electrons. The largest absolute Gasteiger partial charge is 0.338 e. The normalized spacial score (nSPS) is 13.1. The first-order valence-electron chi connectivity index (χ1n) is 4.87. The van der Waals surface area contributed by atoms with Crippen LogP contribution in [0.15, 0.2) is 12.4 Å². The molecule has 1 rings (SSSR count). The lowest BCUT2D eigenvalue weighted by atomic mass is 10.4. The first-order valence-corrected chi connectivity index (χ1v) is 6.46. The number of halogens is 1. The van der Waals surface area contributed by atoms with Crippen molar-refractivity contribution in [3.05, 3.63) is 18.2 Å². The predicted molar refractivity (Wildman–Crippen MR) is 64.2 cm³/mol. The molecule has 0 aliphatic heterocycles. The van der Waals surface area contributed by atoms with Crippen molar-refractivity contribution in [2.24, 2.45) is 7.05 Å². The van der Waals surface area contributed by atoms with Gasteiger partial charge in [-0.2, -0.15) is 11.8 Å². The molecule has 1 atom stereocenters. The van der Waals surface area contributed by atoms with Crippen LogP contribution in [0.4, 0.5) is 0 Å². The Morgan fingerprint density at radius 3 is 3.00 bits per heavy atom. The molecule has 1 aromatic rings. The Kier molecular flexibility index (Phi) is 5.41. The van der Waals surface area contributed by atoms with E-state index in [0.717, 1.165) is 30.3 Å². The molecular formula is C10H17ClN2S. The van der Waals surface area contributed by atoms with Crippen molar-refractivity contribution in [3.8, 4) is 0 Å². The van der Waals surface area contributed by atoms with Gasteiger partial charge >= 0.3 is 0 Å². The van der Waals surface area contributed by atoms with Crippen LogP contribution in [0.3, 0.4) is 0 Å². The van der Waals surface area contributed by atoms with Gasteiger partial charge in [0.05, 0.1) is 0 Å². The molecule has 0 radical (unpaired) electrons. The van der Waals surface area contributed by atoms with Crippen LogP contribution >= 0.6 is 23.4 Å². The average molecular weight is 233 g/mol. The minimum Gasteiger partial charge on any atom is -0.338 e. The molecule has 0 bridgehead atoms. The molecule has 0 spiro atoms. The first kappa shape index (κ1) is 11.9. The highest BCUT2D eigenvalue weighted by atomic mass is 35.5. The summed E-state index contributed by atoms with van der Waals surface area (Å²) in [5, 5.41) is 0.660. The molecule has 14 heavy (non-hydrogen) atoms. The summed E-state index contributed by atoms with van der Waals surface area (Å²) in [5.41, 5.74) is 0. The van der Waals surface area contributed by atoms with Crippen LogP contribution in [0, 0.1) is 0 Å². The summed E-state index contributed by atoms with van der Waals surface area (Å²) in [6.07, 6.45) is 5.97. The van der Waals surface area contributed by atoms with E-state index in [0.29, 0.717) is 5.25 Å². The monoisotopic (exact) mass is 232 g/mol. The third-order valence-corrected chi connectivity index (χ3v) is 3.63. The molecule has 4 heteroatoms. The summed E-state index contributed by atoms with van der Waals surface area (Å²) in [6, 6.07) is 0. The van der Waals surface area contributed by atoms with E-state index in [1.54, 1.807) is 0 Å². The Hall–Kier alpha value is -0.150. The van der Waals surface area contributed by atoms with Gasteiger partial charge in [-0.1, -0.05) is 6.92 Å². The summed E-state index contributed by atoms with van der Waals surface area (Å²) < 4.78 is 2.08. The molecule has 0 saturated heterocycles. The second-order valence-electron chi connectivity index (χ2n) is 3.36. The molecule has 1 unspecified atom stereocenters. The zero-order valence-corrected chi connectivity index (χ0v) is 10.3. The summed E-state index contributed by atoms with van der Waals surface area (Å²) in [7, 11) is 2.04. The minimum atomic E-state index is 0.660. The molecule has 0 aromatic carbocycles. The molecule has 0 N–H and O–H groups in total. The van der Waals surface area contributed by atoms with Crippen LogP contribution in [0.2, 0.25) is 0 Å². The highest BCUT2D eigenvalue weighted by Gasteiger charge is 2.03. The Labute approximate surface area is 95.1 Å². The fraction of sp³-hybridized carbons (Fsp3) is 0.700. The Morgan fingerprint density at radius 2 is 2.43 bits per heavy atom. The van der Waals surface area contributed by atoms with E-state index in [1.807, 2.05) is 31.2 Å². The lowest BCUT2D eigenvalue weighted by Crippen LogP contribution is -2.03. The topological polar surface area (TPSA) is 17.8 Å². The second-order valence-corrected chi connectivity index (χ2v) is 5.29. The highest BCUT2D eigenvalue weighted by Crippen LogP contribution is 2.15. The number of thioether (sulfide) groups is 1. The van der Waals surface area contributed by atoms with Crippen molar-refractivity contribution in [2.45, 2.75) is 25.0 Å². The zero-order chi connectivity index (χ0) is 10.4. The zero-order valence-electron chi connectivity index (χ0n) is 8.74. The second kappa shape index (κ2) is 6.36. The first-order chi connectivity index (χ1) is 6.74. The molecule has 0 aliphatic carbocycles. The number of alkyl halides is 1. The number of hydrogen-bond acceptors (Lipinski definition) is 2. The van der Waals surface area contributed by atoms with Crippen LogP contribution < -0.4 is 0 Å². The summed E-state index contributed by atoms with van der Waals surface area (Å²) >= 11 is 7.64. The van der Waals surface area contributed by atoms with E-state index in [9.17, 15) is 0 Å². The van der Waals surface area contributed by atoms with Gasteiger partial charge < -0.3 is 4.57 Å². The fourth-order valence-electron chi connectivity index (χ4n) is 1.23. The lowest BCUT2D eigenvalue weighted by Gasteiger charge is -2.08. The lowest BCUT2D eigenvalue weighted by molar-refractivity contribution is 0.809. The van der Waals surface area contributed by atoms with Gasteiger partial charge in [-0.05, 0) is 6.42 Å². The Balaban J connectivity index is 2.19.